The number of nitrogens with one attached hydrogen (secondary N) is 5. The highest BCUT2D eigenvalue weighted by atomic mass is 19.1. The minimum absolute atomic E-state index is 0.0115. The summed E-state index contributed by atoms with van der Waals surface area (Å²) in [6, 6.07) is 12.0. The van der Waals surface area contributed by atoms with Gasteiger partial charge in [-0.15, -0.1) is 0 Å². The molecule has 0 bridgehead atoms. The number of fused-ring (bicyclic) bond motifs is 2. The Bertz CT molecular complexity index is 1500. The number of aromatic amines is 1. The standard InChI is InChI=1S/C29H32FN7O2/c1-15(2)6-26(39)33-19-8-17(12-31-13-19)24-11-22-25(14-32-24)36-37-28(22)29-34-23-5-3-4-21(27(23)35-29)16-7-18(30)10-20(38)9-16/h3-5,7-10,12-13,15,22,24-25,28,32,36-38H,6,11,14H2,1-2H3,(H,33,39)(H,34,35). The van der Waals surface area contributed by atoms with Gasteiger partial charge in [0.2, 0.25) is 5.91 Å². The van der Waals surface area contributed by atoms with Gasteiger partial charge in [0.05, 0.1) is 29.0 Å². The van der Waals surface area contributed by atoms with Gasteiger partial charge in [-0.05, 0) is 47.7 Å². The number of pyridine rings is 1. The summed E-state index contributed by atoms with van der Waals surface area (Å²) in [6.45, 7) is 4.80. The number of imidazole rings is 1. The number of hydrogen-bond acceptors (Lipinski definition) is 7. The molecular formula is C29H32FN7O2. The van der Waals surface area contributed by atoms with Crippen LogP contribution in [0.3, 0.4) is 0 Å². The molecule has 0 radical (unpaired) electrons. The van der Waals surface area contributed by atoms with Crippen molar-refractivity contribution in [3.8, 4) is 16.9 Å². The van der Waals surface area contributed by atoms with Crippen LogP contribution in [0.5, 0.6) is 5.75 Å². The predicted molar refractivity (Wildman–Crippen MR) is 147 cm³/mol. The second-order valence-corrected chi connectivity index (χ2v) is 10.9. The number of rotatable bonds is 6. The molecule has 2 fully saturated rings. The molecule has 0 saturated carbocycles. The Kier molecular flexibility index (Phi) is 6.76. The molecule has 0 spiro atoms. The molecule has 2 aliphatic heterocycles. The van der Waals surface area contributed by atoms with Gasteiger partial charge in [0.25, 0.3) is 0 Å². The first-order chi connectivity index (χ1) is 18.8. The van der Waals surface area contributed by atoms with E-state index in [9.17, 15) is 14.3 Å². The fourth-order valence-electron chi connectivity index (χ4n) is 5.76. The zero-order chi connectivity index (χ0) is 27.1. The molecule has 6 rings (SSSR count). The number of amides is 1. The fourth-order valence-corrected chi connectivity index (χ4v) is 5.76. The Morgan fingerprint density at radius 1 is 1.18 bits per heavy atom. The highest BCUT2D eigenvalue weighted by molar-refractivity contribution is 5.92. The number of nitrogens with zero attached hydrogens (tertiary/aromatic N) is 2. The Morgan fingerprint density at radius 2 is 2.05 bits per heavy atom. The summed E-state index contributed by atoms with van der Waals surface area (Å²) in [6.07, 6.45) is 4.83. The van der Waals surface area contributed by atoms with E-state index >= 15 is 0 Å². The van der Waals surface area contributed by atoms with Crippen LogP contribution in [-0.2, 0) is 4.79 Å². The van der Waals surface area contributed by atoms with E-state index in [1.54, 1.807) is 12.3 Å². The van der Waals surface area contributed by atoms with Crippen LogP contribution in [0.2, 0.25) is 0 Å². The van der Waals surface area contributed by atoms with Crippen molar-refractivity contribution < 1.29 is 14.3 Å². The zero-order valence-electron chi connectivity index (χ0n) is 21.8. The first kappa shape index (κ1) is 25.4. The summed E-state index contributed by atoms with van der Waals surface area (Å²) in [5, 5.41) is 16.5. The maximum atomic E-state index is 14.0. The lowest BCUT2D eigenvalue weighted by atomic mass is 9.82. The molecular weight excluding hydrogens is 497 g/mol. The molecule has 2 aliphatic rings. The second-order valence-electron chi connectivity index (χ2n) is 10.9. The van der Waals surface area contributed by atoms with Crippen molar-refractivity contribution >= 4 is 22.6 Å². The molecule has 4 heterocycles. The van der Waals surface area contributed by atoms with Gasteiger partial charge in [-0.25, -0.2) is 14.8 Å². The minimum Gasteiger partial charge on any atom is -0.508 e. The van der Waals surface area contributed by atoms with Crippen molar-refractivity contribution in [1.29, 1.82) is 0 Å². The van der Waals surface area contributed by atoms with Crippen molar-refractivity contribution in [2.24, 2.45) is 11.8 Å². The molecule has 39 heavy (non-hydrogen) atoms. The number of aromatic hydroxyl groups is 1. The Morgan fingerprint density at radius 3 is 2.87 bits per heavy atom. The van der Waals surface area contributed by atoms with Crippen molar-refractivity contribution in [2.75, 3.05) is 11.9 Å². The molecule has 10 heteroatoms. The summed E-state index contributed by atoms with van der Waals surface area (Å²) in [7, 11) is 0. The molecule has 4 unspecified atom stereocenters. The van der Waals surface area contributed by atoms with E-state index in [0.29, 0.717) is 17.7 Å². The number of hydrazine groups is 1. The van der Waals surface area contributed by atoms with E-state index in [1.807, 2.05) is 44.3 Å². The van der Waals surface area contributed by atoms with Crippen LogP contribution in [0.4, 0.5) is 10.1 Å². The summed E-state index contributed by atoms with van der Waals surface area (Å²) in [5.41, 5.74) is 11.5. The van der Waals surface area contributed by atoms with Gasteiger partial charge in [0, 0.05) is 48.8 Å². The smallest absolute Gasteiger partial charge is 0.224 e. The largest absolute Gasteiger partial charge is 0.508 e. The molecule has 6 N–H and O–H groups in total. The number of hydrogen-bond donors (Lipinski definition) is 6. The van der Waals surface area contributed by atoms with E-state index in [2.05, 4.69) is 31.5 Å². The normalized spacial score (nSPS) is 22.8. The Hall–Kier alpha value is -3.86. The van der Waals surface area contributed by atoms with Crippen LogP contribution < -0.4 is 21.5 Å². The van der Waals surface area contributed by atoms with Gasteiger partial charge in [-0.1, -0.05) is 26.0 Å². The molecule has 2 saturated heterocycles. The van der Waals surface area contributed by atoms with E-state index < -0.39 is 5.82 Å². The van der Waals surface area contributed by atoms with Gasteiger partial charge in [0.1, 0.15) is 17.4 Å². The Balaban J connectivity index is 1.24. The molecule has 2 aromatic heterocycles. The van der Waals surface area contributed by atoms with Crippen LogP contribution in [0, 0.1) is 17.7 Å². The average molecular weight is 530 g/mol. The Labute approximate surface area is 225 Å². The number of H-pyrrole nitrogens is 1. The van der Waals surface area contributed by atoms with Crippen LogP contribution in [-0.4, -0.2) is 38.6 Å². The first-order valence-corrected chi connectivity index (χ1v) is 13.3. The number of para-hydroxylation sites is 1. The van der Waals surface area contributed by atoms with Crippen molar-refractivity contribution in [3.05, 3.63) is 72.1 Å². The van der Waals surface area contributed by atoms with Gasteiger partial charge in [-0.3, -0.25) is 15.2 Å². The molecule has 1 amide bonds. The lowest BCUT2D eigenvalue weighted by Gasteiger charge is -2.34. The predicted octanol–water partition coefficient (Wildman–Crippen LogP) is 4.32. The van der Waals surface area contributed by atoms with Crippen molar-refractivity contribution in [2.45, 2.75) is 44.8 Å². The fraction of sp³-hybridized carbons (Fsp3) is 0.345. The quantitative estimate of drug-likeness (QED) is 0.220. The number of phenols is 1. The molecule has 4 atom stereocenters. The third-order valence-electron chi connectivity index (χ3n) is 7.52. The summed E-state index contributed by atoms with van der Waals surface area (Å²) in [5.74, 6) is 0.682. The summed E-state index contributed by atoms with van der Waals surface area (Å²) < 4.78 is 14.0. The third-order valence-corrected chi connectivity index (χ3v) is 7.52. The van der Waals surface area contributed by atoms with Crippen LogP contribution in [0.1, 0.15) is 50.2 Å². The van der Waals surface area contributed by atoms with Gasteiger partial charge < -0.3 is 20.7 Å². The maximum absolute atomic E-state index is 14.0. The first-order valence-electron chi connectivity index (χ1n) is 13.3. The molecule has 4 aromatic rings. The third kappa shape index (κ3) is 5.23. The lowest BCUT2D eigenvalue weighted by molar-refractivity contribution is -0.116. The summed E-state index contributed by atoms with van der Waals surface area (Å²) >= 11 is 0. The van der Waals surface area contributed by atoms with Crippen LogP contribution >= 0.6 is 0 Å². The van der Waals surface area contributed by atoms with E-state index in [1.165, 1.54) is 6.07 Å². The molecule has 2 aromatic carbocycles. The second kappa shape index (κ2) is 10.4. The van der Waals surface area contributed by atoms with Gasteiger partial charge in [0.15, 0.2) is 0 Å². The number of carbonyl (C=O) groups is 1. The maximum Gasteiger partial charge on any atom is 0.224 e. The number of phenolic OH excluding ortho intramolecular Hbond substituents is 1. The van der Waals surface area contributed by atoms with Crippen molar-refractivity contribution in [3.63, 3.8) is 0 Å². The number of benzene rings is 2. The van der Waals surface area contributed by atoms with E-state index in [0.717, 1.165) is 47.0 Å². The molecule has 202 valence electrons. The van der Waals surface area contributed by atoms with Gasteiger partial charge >= 0.3 is 0 Å². The number of aromatic nitrogens is 3. The number of anilines is 1. The van der Waals surface area contributed by atoms with Crippen LogP contribution in [0.15, 0.2) is 54.9 Å². The highest BCUT2D eigenvalue weighted by Crippen LogP contribution is 2.39. The lowest BCUT2D eigenvalue weighted by Crippen LogP contribution is -2.46. The van der Waals surface area contributed by atoms with E-state index in [4.69, 9.17) is 4.98 Å². The number of piperidine rings is 1. The van der Waals surface area contributed by atoms with Crippen molar-refractivity contribution in [1.82, 2.24) is 31.1 Å². The minimum atomic E-state index is -0.499. The number of carbonyl (C=O) groups excluding carboxylic acids is 1. The van der Waals surface area contributed by atoms with Crippen LogP contribution in [0.25, 0.3) is 22.2 Å². The summed E-state index contributed by atoms with van der Waals surface area (Å²) in [4.78, 5) is 25.1. The monoisotopic (exact) mass is 529 g/mol. The molecule has 0 aliphatic carbocycles. The van der Waals surface area contributed by atoms with Gasteiger partial charge in [-0.2, -0.15) is 0 Å². The molecule has 9 nitrogen and oxygen atoms in total. The highest BCUT2D eigenvalue weighted by Gasteiger charge is 2.42. The zero-order valence-corrected chi connectivity index (χ0v) is 21.8. The topological polar surface area (TPSA) is 127 Å². The average Bonchev–Trinajstić information content (AvgIpc) is 3.51. The SMILES string of the molecule is CC(C)CC(=O)Nc1cncc(C2CC3C(CN2)NNC3c2nc3c(-c4cc(O)cc(F)c4)cccc3[nH]2)c1. The number of halogens is 1. The van der Waals surface area contributed by atoms with E-state index in [-0.39, 0.29) is 41.6 Å².